The van der Waals surface area contributed by atoms with Crippen LogP contribution in [0.5, 0.6) is 0 Å². The van der Waals surface area contributed by atoms with E-state index in [1.165, 1.54) is 0 Å². The predicted molar refractivity (Wildman–Crippen MR) is 96.8 cm³/mol. The second-order valence-electron chi connectivity index (χ2n) is 6.35. The number of esters is 1. The van der Waals surface area contributed by atoms with Crippen molar-refractivity contribution in [3.05, 3.63) is 34.6 Å². The molecule has 1 saturated carbocycles. The van der Waals surface area contributed by atoms with E-state index in [1.54, 1.807) is 13.0 Å². The molecule has 0 aliphatic heterocycles. The van der Waals surface area contributed by atoms with Crippen molar-refractivity contribution in [2.24, 2.45) is 0 Å². The molecule has 8 nitrogen and oxygen atoms in total. The van der Waals surface area contributed by atoms with E-state index >= 15 is 0 Å². The summed E-state index contributed by atoms with van der Waals surface area (Å²) in [5.41, 5.74) is -0.227. The fourth-order valence-corrected chi connectivity index (χ4v) is 3.31. The van der Waals surface area contributed by atoms with Crippen LogP contribution in [0.2, 0.25) is 0 Å². The highest BCUT2D eigenvalue weighted by atomic mass is 16.5. The molecule has 8 heteroatoms. The molecule has 0 radical (unpaired) electrons. The average molecular weight is 358 g/mol. The lowest BCUT2D eigenvalue weighted by Gasteiger charge is -2.30. The van der Waals surface area contributed by atoms with Gasteiger partial charge in [0.15, 0.2) is 5.82 Å². The molecule has 3 N–H and O–H groups in total. The quantitative estimate of drug-likeness (QED) is 0.561. The fraction of sp³-hybridized carbons (Fsp3) is 0.444. The molecule has 138 valence electrons. The summed E-state index contributed by atoms with van der Waals surface area (Å²) >= 11 is 0. The number of benzene rings is 1. The van der Waals surface area contributed by atoms with E-state index in [2.05, 4.69) is 20.8 Å². The number of aromatic nitrogens is 2. The van der Waals surface area contributed by atoms with E-state index < -0.39 is 11.9 Å². The van der Waals surface area contributed by atoms with E-state index in [-0.39, 0.29) is 24.2 Å². The third kappa shape index (κ3) is 4.01. The van der Waals surface area contributed by atoms with Gasteiger partial charge in [-0.15, -0.1) is 0 Å². The average Bonchev–Trinajstić information content (AvgIpc) is 2.65. The molecule has 1 aliphatic rings. The normalized spacial score (nSPS) is 19.7. The summed E-state index contributed by atoms with van der Waals surface area (Å²) < 4.78 is 4.72. The maximum Gasteiger partial charge on any atom is 0.396 e. The molecule has 1 fully saturated rings. The smallest absolute Gasteiger partial charge is 0.396 e. The molecule has 1 unspecified atom stereocenters. The van der Waals surface area contributed by atoms with Gasteiger partial charge in [0.05, 0.1) is 12.0 Å². The van der Waals surface area contributed by atoms with Crippen molar-refractivity contribution < 1.29 is 14.3 Å². The van der Waals surface area contributed by atoms with Gasteiger partial charge in [-0.25, -0.2) is 9.89 Å². The first-order valence-corrected chi connectivity index (χ1v) is 8.80. The van der Waals surface area contributed by atoms with Crippen LogP contribution in [0.3, 0.4) is 0 Å². The second kappa shape index (κ2) is 7.99. The molecule has 1 amide bonds. The van der Waals surface area contributed by atoms with Gasteiger partial charge in [0.2, 0.25) is 0 Å². The number of fused-ring (bicyclic) bond motifs is 1. The minimum Gasteiger partial charge on any atom is -0.459 e. The van der Waals surface area contributed by atoms with Gasteiger partial charge in [-0.1, -0.05) is 18.2 Å². The van der Waals surface area contributed by atoms with Gasteiger partial charge in [-0.2, -0.15) is 5.10 Å². The van der Waals surface area contributed by atoms with E-state index in [4.69, 9.17) is 4.74 Å². The van der Waals surface area contributed by atoms with Crippen LogP contribution >= 0.6 is 0 Å². The van der Waals surface area contributed by atoms with Crippen LogP contribution < -0.4 is 16.2 Å². The fourth-order valence-electron chi connectivity index (χ4n) is 3.31. The Bertz CT molecular complexity index is 864. The largest absolute Gasteiger partial charge is 0.459 e. The van der Waals surface area contributed by atoms with E-state index in [0.29, 0.717) is 17.6 Å². The number of hydrogen-bond donors (Lipinski definition) is 3. The van der Waals surface area contributed by atoms with Crippen LogP contribution in [0.25, 0.3) is 10.8 Å². The number of rotatable bonds is 4. The lowest BCUT2D eigenvalue weighted by atomic mass is 9.91. The number of nitrogens with one attached hydrogen (secondary N) is 3. The van der Waals surface area contributed by atoms with Crippen molar-refractivity contribution in [1.82, 2.24) is 15.5 Å². The number of anilines is 1. The Balaban J connectivity index is 1.68. The Morgan fingerprint density at radius 1 is 1.23 bits per heavy atom. The maximum absolute atomic E-state index is 11.9. The molecule has 2 aromatic rings. The molecule has 1 aromatic heterocycles. The summed E-state index contributed by atoms with van der Waals surface area (Å²) in [5, 5.41) is 14.1. The second-order valence-corrected chi connectivity index (χ2v) is 6.35. The first-order valence-electron chi connectivity index (χ1n) is 8.80. The Morgan fingerprint density at radius 3 is 2.73 bits per heavy atom. The van der Waals surface area contributed by atoms with E-state index in [0.717, 1.165) is 24.6 Å². The molecular weight excluding hydrogens is 336 g/mol. The Labute approximate surface area is 150 Å². The summed E-state index contributed by atoms with van der Waals surface area (Å²) in [5.74, 6) is -0.941. The van der Waals surface area contributed by atoms with Gasteiger partial charge in [-0.05, 0) is 38.7 Å². The van der Waals surface area contributed by atoms with Gasteiger partial charge in [0.1, 0.15) is 0 Å². The summed E-state index contributed by atoms with van der Waals surface area (Å²) in [4.78, 5) is 35.2. The maximum atomic E-state index is 11.9. The number of aromatic amines is 1. The number of carbonyl (C=O) groups excluding carboxylic acids is 2. The third-order valence-corrected chi connectivity index (χ3v) is 4.51. The van der Waals surface area contributed by atoms with Crippen LogP contribution in [0.15, 0.2) is 29.1 Å². The summed E-state index contributed by atoms with van der Waals surface area (Å²) in [7, 11) is 0. The molecule has 0 spiro atoms. The topological polar surface area (TPSA) is 113 Å². The molecular formula is C18H22N4O4. The van der Waals surface area contributed by atoms with Crippen LogP contribution in [0.4, 0.5) is 5.82 Å². The van der Waals surface area contributed by atoms with Crippen LogP contribution in [-0.2, 0) is 14.3 Å². The van der Waals surface area contributed by atoms with Gasteiger partial charge in [-0.3, -0.25) is 9.59 Å². The Kier molecular flexibility index (Phi) is 5.50. The van der Waals surface area contributed by atoms with Crippen molar-refractivity contribution >= 4 is 28.5 Å². The molecule has 0 saturated heterocycles. The van der Waals surface area contributed by atoms with Gasteiger partial charge in [0.25, 0.3) is 5.56 Å². The van der Waals surface area contributed by atoms with Crippen LogP contribution in [0.1, 0.15) is 32.6 Å². The summed E-state index contributed by atoms with van der Waals surface area (Å²) in [6, 6.07) is 7.25. The van der Waals surface area contributed by atoms with E-state index in [9.17, 15) is 14.4 Å². The number of nitrogens with zero attached hydrogens (tertiary/aromatic N) is 1. The zero-order valence-electron chi connectivity index (χ0n) is 14.6. The molecule has 26 heavy (non-hydrogen) atoms. The van der Waals surface area contributed by atoms with Crippen molar-refractivity contribution in [1.29, 1.82) is 0 Å². The summed E-state index contributed by atoms with van der Waals surface area (Å²) in [6.07, 6.45) is 3.30. The minimum atomic E-state index is -0.851. The number of carbonyl (C=O) groups is 2. The van der Waals surface area contributed by atoms with Gasteiger partial charge >= 0.3 is 11.9 Å². The highest BCUT2D eigenvalue weighted by Crippen LogP contribution is 2.24. The van der Waals surface area contributed by atoms with Gasteiger partial charge in [0, 0.05) is 17.5 Å². The lowest BCUT2D eigenvalue weighted by Crippen LogP contribution is -2.44. The monoisotopic (exact) mass is 358 g/mol. The van der Waals surface area contributed by atoms with Crippen molar-refractivity contribution in [3.8, 4) is 0 Å². The molecule has 1 aromatic carbocycles. The zero-order valence-corrected chi connectivity index (χ0v) is 14.6. The zero-order chi connectivity index (χ0) is 18.5. The number of hydrogen-bond acceptors (Lipinski definition) is 6. The molecule has 2 atom stereocenters. The summed E-state index contributed by atoms with van der Waals surface area (Å²) in [6.45, 7) is 1.83. The predicted octanol–water partition coefficient (Wildman–Crippen LogP) is 1.33. The van der Waals surface area contributed by atoms with E-state index in [1.807, 2.05) is 18.2 Å². The number of ether oxygens (including phenoxy) is 1. The molecule has 0 bridgehead atoms. The highest BCUT2D eigenvalue weighted by molar-refractivity contribution is 6.32. The lowest BCUT2D eigenvalue weighted by molar-refractivity contribution is -0.155. The Hall–Kier alpha value is -2.90. The van der Waals surface area contributed by atoms with Crippen LogP contribution in [-0.4, -0.2) is 40.8 Å². The molecule has 1 aliphatic carbocycles. The van der Waals surface area contributed by atoms with Crippen LogP contribution in [0, 0.1) is 0 Å². The van der Waals surface area contributed by atoms with Crippen molar-refractivity contribution in [3.63, 3.8) is 0 Å². The standard InChI is InChI=1S/C18H22N4O4/c1-2-26-18(25)17(24)20-12-7-5-6-11(10-12)19-15-13-8-3-4-9-14(13)16(23)22-21-15/h3-4,8-9,11-12H,2,5-7,10H2,1H3,(H,19,21)(H,20,24)(H,22,23)/t11?,12-/m1/s1. The number of amides is 1. The van der Waals surface area contributed by atoms with Crippen molar-refractivity contribution in [2.75, 3.05) is 11.9 Å². The first kappa shape index (κ1) is 17.9. The first-order chi connectivity index (χ1) is 12.6. The molecule has 3 rings (SSSR count). The third-order valence-electron chi connectivity index (χ3n) is 4.51. The Morgan fingerprint density at radius 2 is 1.96 bits per heavy atom. The SMILES string of the molecule is CCOC(=O)C(=O)N[C@@H]1CCCC(Nc2n[nH]c(=O)c3ccccc23)C1. The molecule has 1 heterocycles. The number of H-pyrrole nitrogens is 1. The highest BCUT2D eigenvalue weighted by Gasteiger charge is 2.26. The van der Waals surface area contributed by atoms with Gasteiger partial charge < -0.3 is 15.4 Å². The minimum absolute atomic E-state index is 0.0815. The van der Waals surface area contributed by atoms with Crippen molar-refractivity contribution in [2.45, 2.75) is 44.7 Å².